The SMILES string of the molecule is Cc1nc2cc(CN(C)CCCO)ccc2n1C. The Balaban J connectivity index is 2.15. The molecule has 0 radical (unpaired) electrons. The van der Waals surface area contributed by atoms with E-state index < -0.39 is 0 Å². The number of benzene rings is 1. The Morgan fingerprint density at radius 2 is 2.17 bits per heavy atom. The fraction of sp³-hybridized carbons (Fsp3) is 0.500. The Morgan fingerprint density at radius 3 is 2.89 bits per heavy atom. The predicted molar refractivity (Wildman–Crippen MR) is 73.5 cm³/mol. The molecular formula is C14H21N3O. The molecule has 2 rings (SSSR count). The highest BCUT2D eigenvalue weighted by atomic mass is 16.3. The van der Waals surface area contributed by atoms with Crippen molar-refractivity contribution in [3.8, 4) is 0 Å². The molecule has 0 saturated carbocycles. The molecule has 0 atom stereocenters. The van der Waals surface area contributed by atoms with Crippen LogP contribution >= 0.6 is 0 Å². The topological polar surface area (TPSA) is 41.3 Å². The van der Waals surface area contributed by atoms with E-state index in [1.807, 2.05) is 14.0 Å². The molecule has 1 aromatic carbocycles. The van der Waals surface area contributed by atoms with Crippen molar-refractivity contribution in [3.63, 3.8) is 0 Å². The number of nitrogens with zero attached hydrogens (tertiary/aromatic N) is 3. The molecule has 1 aromatic heterocycles. The van der Waals surface area contributed by atoms with E-state index in [9.17, 15) is 0 Å². The fourth-order valence-electron chi connectivity index (χ4n) is 2.20. The molecule has 2 aromatic rings. The van der Waals surface area contributed by atoms with Crippen LogP contribution in [-0.4, -0.2) is 39.8 Å². The molecule has 4 nitrogen and oxygen atoms in total. The zero-order valence-corrected chi connectivity index (χ0v) is 11.3. The highest BCUT2D eigenvalue weighted by Crippen LogP contribution is 2.17. The first-order valence-corrected chi connectivity index (χ1v) is 6.33. The number of hydrogen-bond acceptors (Lipinski definition) is 3. The maximum absolute atomic E-state index is 8.82. The molecule has 0 unspecified atom stereocenters. The molecule has 0 aliphatic carbocycles. The molecule has 18 heavy (non-hydrogen) atoms. The van der Waals surface area contributed by atoms with Gasteiger partial charge in [0.1, 0.15) is 5.82 Å². The lowest BCUT2D eigenvalue weighted by molar-refractivity contribution is 0.244. The summed E-state index contributed by atoms with van der Waals surface area (Å²) < 4.78 is 2.11. The number of aromatic nitrogens is 2. The fourth-order valence-corrected chi connectivity index (χ4v) is 2.20. The zero-order chi connectivity index (χ0) is 13.1. The third-order valence-corrected chi connectivity index (χ3v) is 3.32. The summed E-state index contributed by atoms with van der Waals surface area (Å²) in [6.07, 6.45) is 0.821. The largest absolute Gasteiger partial charge is 0.396 e. The van der Waals surface area contributed by atoms with Crippen molar-refractivity contribution in [1.29, 1.82) is 0 Å². The Morgan fingerprint density at radius 1 is 1.39 bits per heavy atom. The van der Waals surface area contributed by atoms with Crippen molar-refractivity contribution in [1.82, 2.24) is 14.5 Å². The van der Waals surface area contributed by atoms with Crippen molar-refractivity contribution in [2.45, 2.75) is 19.9 Å². The minimum Gasteiger partial charge on any atom is -0.396 e. The third kappa shape index (κ3) is 2.71. The number of imidazole rings is 1. The van der Waals surface area contributed by atoms with E-state index in [1.165, 1.54) is 11.1 Å². The van der Waals surface area contributed by atoms with Gasteiger partial charge in [0.15, 0.2) is 0 Å². The van der Waals surface area contributed by atoms with Crippen molar-refractivity contribution in [3.05, 3.63) is 29.6 Å². The van der Waals surface area contributed by atoms with E-state index >= 15 is 0 Å². The summed E-state index contributed by atoms with van der Waals surface area (Å²) >= 11 is 0. The lowest BCUT2D eigenvalue weighted by Crippen LogP contribution is -2.19. The highest BCUT2D eigenvalue weighted by molar-refractivity contribution is 5.76. The van der Waals surface area contributed by atoms with E-state index in [0.717, 1.165) is 30.9 Å². The van der Waals surface area contributed by atoms with Crippen LogP contribution in [0.1, 0.15) is 17.8 Å². The Hall–Kier alpha value is -1.39. The minimum absolute atomic E-state index is 0.253. The number of hydrogen-bond donors (Lipinski definition) is 1. The molecule has 1 N–H and O–H groups in total. The normalized spacial score (nSPS) is 11.6. The van der Waals surface area contributed by atoms with Gasteiger partial charge in [0.05, 0.1) is 11.0 Å². The number of aryl methyl sites for hydroxylation is 2. The summed E-state index contributed by atoms with van der Waals surface area (Å²) in [6, 6.07) is 6.43. The van der Waals surface area contributed by atoms with Crippen LogP contribution < -0.4 is 0 Å². The minimum atomic E-state index is 0.253. The maximum Gasteiger partial charge on any atom is 0.106 e. The molecule has 98 valence electrons. The predicted octanol–water partition coefficient (Wildman–Crippen LogP) is 1.70. The molecule has 0 fully saturated rings. The molecular weight excluding hydrogens is 226 g/mol. The number of fused-ring (bicyclic) bond motifs is 1. The second-order valence-corrected chi connectivity index (χ2v) is 4.86. The van der Waals surface area contributed by atoms with Gasteiger partial charge in [-0.05, 0) is 38.1 Å². The number of rotatable bonds is 5. The third-order valence-electron chi connectivity index (χ3n) is 3.32. The van der Waals surface area contributed by atoms with Crippen LogP contribution in [-0.2, 0) is 13.6 Å². The van der Waals surface area contributed by atoms with Gasteiger partial charge in [-0.15, -0.1) is 0 Å². The van der Waals surface area contributed by atoms with E-state index in [1.54, 1.807) is 0 Å². The van der Waals surface area contributed by atoms with Gasteiger partial charge in [-0.3, -0.25) is 0 Å². The molecule has 0 bridgehead atoms. The van der Waals surface area contributed by atoms with Crippen molar-refractivity contribution in [2.75, 3.05) is 20.2 Å². The molecule has 0 saturated heterocycles. The van der Waals surface area contributed by atoms with E-state index in [4.69, 9.17) is 5.11 Å². The second-order valence-electron chi connectivity index (χ2n) is 4.86. The van der Waals surface area contributed by atoms with Crippen LogP contribution in [0.25, 0.3) is 11.0 Å². The van der Waals surface area contributed by atoms with Gasteiger partial charge in [0.2, 0.25) is 0 Å². The summed E-state index contributed by atoms with van der Waals surface area (Å²) in [5.41, 5.74) is 3.50. The average Bonchev–Trinajstić information content (AvgIpc) is 2.62. The summed E-state index contributed by atoms with van der Waals surface area (Å²) in [7, 11) is 4.11. The van der Waals surface area contributed by atoms with Crippen molar-refractivity contribution < 1.29 is 5.11 Å². The smallest absolute Gasteiger partial charge is 0.106 e. The number of aliphatic hydroxyl groups excluding tert-OH is 1. The van der Waals surface area contributed by atoms with Gasteiger partial charge < -0.3 is 14.6 Å². The van der Waals surface area contributed by atoms with Gasteiger partial charge in [-0.2, -0.15) is 0 Å². The average molecular weight is 247 g/mol. The first-order chi connectivity index (χ1) is 8.61. The van der Waals surface area contributed by atoms with E-state index in [2.05, 4.69) is 39.7 Å². The molecule has 0 amide bonds. The Labute approximate surface area is 108 Å². The standard InChI is InChI=1S/C14H21N3O/c1-11-15-13-9-12(5-6-14(13)17(11)3)10-16(2)7-4-8-18/h5-6,9,18H,4,7-8,10H2,1-3H3. The summed E-state index contributed by atoms with van der Waals surface area (Å²) in [6.45, 7) is 4.08. The van der Waals surface area contributed by atoms with Gasteiger partial charge >= 0.3 is 0 Å². The van der Waals surface area contributed by atoms with Crippen LogP contribution in [0.2, 0.25) is 0 Å². The number of aliphatic hydroxyl groups is 1. The van der Waals surface area contributed by atoms with Gasteiger partial charge in [-0.25, -0.2) is 4.98 Å². The molecule has 0 aliphatic rings. The Kier molecular flexibility index (Phi) is 3.99. The Bertz CT molecular complexity index is 533. The van der Waals surface area contributed by atoms with Crippen LogP contribution in [0.15, 0.2) is 18.2 Å². The molecule has 0 spiro atoms. The van der Waals surface area contributed by atoms with Gasteiger partial charge in [-0.1, -0.05) is 6.07 Å². The summed E-state index contributed by atoms with van der Waals surface area (Å²) in [5.74, 6) is 1.04. The summed E-state index contributed by atoms with van der Waals surface area (Å²) in [5, 5.41) is 8.82. The maximum atomic E-state index is 8.82. The lowest BCUT2D eigenvalue weighted by Gasteiger charge is -2.15. The van der Waals surface area contributed by atoms with Gasteiger partial charge in [0.25, 0.3) is 0 Å². The van der Waals surface area contributed by atoms with Crippen LogP contribution in [0.3, 0.4) is 0 Å². The van der Waals surface area contributed by atoms with E-state index in [0.29, 0.717) is 0 Å². The lowest BCUT2D eigenvalue weighted by atomic mass is 10.2. The molecule has 4 heteroatoms. The quantitative estimate of drug-likeness (QED) is 0.874. The van der Waals surface area contributed by atoms with Crippen LogP contribution in [0.5, 0.6) is 0 Å². The second kappa shape index (κ2) is 5.50. The zero-order valence-electron chi connectivity index (χ0n) is 11.3. The monoisotopic (exact) mass is 247 g/mol. The van der Waals surface area contributed by atoms with Crippen LogP contribution in [0.4, 0.5) is 0 Å². The summed E-state index contributed by atoms with van der Waals surface area (Å²) in [4.78, 5) is 6.76. The first-order valence-electron chi connectivity index (χ1n) is 6.33. The molecule has 0 aliphatic heterocycles. The first kappa shape index (κ1) is 13.1. The van der Waals surface area contributed by atoms with Crippen molar-refractivity contribution in [2.24, 2.45) is 7.05 Å². The highest BCUT2D eigenvalue weighted by Gasteiger charge is 2.06. The van der Waals surface area contributed by atoms with Crippen LogP contribution in [0, 0.1) is 6.92 Å². The van der Waals surface area contributed by atoms with E-state index in [-0.39, 0.29) is 6.61 Å². The molecule has 1 heterocycles. The van der Waals surface area contributed by atoms with Gasteiger partial charge in [0, 0.05) is 26.7 Å². The van der Waals surface area contributed by atoms with Crippen molar-refractivity contribution >= 4 is 11.0 Å².